The number of aliphatic hydroxyl groups is 2. The molecule has 0 aliphatic heterocycles. The summed E-state index contributed by atoms with van der Waals surface area (Å²) in [5.74, 6) is 0.298. The summed E-state index contributed by atoms with van der Waals surface area (Å²) in [6.45, 7) is 3.28. The molecule has 0 saturated heterocycles. The Balaban J connectivity index is 1.39. The van der Waals surface area contributed by atoms with Gasteiger partial charge < -0.3 is 31.1 Å². The average molecular weight is 820 g/mol. The topological polar surface area (TPSA) is 250 Å². The van der Waals surface area contributed by atoms with Crippen molar-refractivity contribution >= 4 is 98.4 Å². The maximum atomic E-state index is 12.5. The summed E-state index contributed by atoms with van der Waals surface area (Å²) < 4.78 is 39.9. The highest BCUT2D eigenvalue weighted by atomic mass is 35.5. The van der Waals surface area contributed by atoms with Gasteiger partial charge in [0.25, 0.3) is 10.1 Å². The van der Waals surface area contributed by atoms with Crippen molar-refractivity contribution in [2.24, 2.45) is 0 Å². The van der Waals surface area contributed by atoms with Crippen LogP contribution >= 0.6 is 35.2 Å². The summed E-state index contributed by atoms with van der Waals surface area (Å²) in [5, 5.41) is 41.1. The van der Waals surface area contributed by atoms with Crippen LogP contribution in [0.5, 0.6) is 0 Å². The number of anilines is 7. The third kappa shape index (κ3) is 11.9. The highest BCUT2D eigenvalue weighted by molar-refractivity contribution is 7.94. The summed E-state index contributed by atoms with van der Waals surface area (Å²) in [7, 11) is -4.76. The second-order valence-corrected chi connectivity index (χ2v) is 14.2. The van der Waals surface area contributed by atoms with Crippen LogP contribution in [0, 0.1) is 0 Å². The number of benzene rings is 3. The van der Waals surface area contributed by atoms with Gasteiger partial charge >= 0.3 is 0 Å². The van der Waals surface area contributed by atoms with Crippen molar-refractivity contribution in [1.29, 1.82) is 0 Å². The molecule has 0 amide bonds. The van der Waals surface area contributed by atoms with Gasteiger partial charge in [0.05, 0.1) is 24.3 Å². The van der Waals surface area contributed by atoms with Crippen LogP contribution < -0.4 is 20.9 Å². The van der Waals surface area contributed by atoms with Gasteiger partial charge in [-0.3, -0.25) is 4.55 Å². The number of para-hydroxylation sites is 1. The fraction of sp³-hybridized carbons (Fsp3) is 0.188. The first-order valence-corrected chi connectivity index (χ1v) is 18.6. The zero-order chi connectivity index (χ0) is 38.8. The number of hydrogen-bond acceptors (Lipinski definition) is 18. The quantitative estimate of drug-likeness (QED) is 0.0187. The van der Waals surface area contributed by atoms with Crippen LogP contribution in [0.2, 0.25) is 10.6 Å². The Morgan fingerprint density at radius 2 is 1.30 bits per heavy atom. The minimum atomic E-state index is -4.76. The van der Waals surface area contributed by atoms with E-state index in [1.807, 2.05) is 30.3 Å². The van der Waals surface area contributed by atoms with Crippen LogP contribution in [0.3, 0.4) is 0 Å². The summed E-state index contributed by atoms with van der Waals surface area (Å²) in [4.78, 5) is 26.4. The first kappa shape index (κ1) is 40.4. The first-order valence-electron chi connectivity index (χ1n) is 15.6. The molecule has 0 saturated carbocycles. The Bertz CT molecular complexity index is 2200. The highest BCUT2D eigenvalue weighted by Crippen LogP contribution is 2.31. The van der Waals surface area contributed by atoms with Gasteiger partial charge in [-0.25, -0.2) is 5.26 Å². The third-order valence-electron chi connectivity index (χ3n) is 6.90. The molecule has 22 heteroatoms. The molecule has 0 aliphatic rings. The lowest BCUT2D eigenvalue weighted by Crippen LogP contribution is -2.37. The average Bonchev–Trinajstić information content (AvgIpc) is 3.09. The summed E-state index contributed by atoms with van der Waals surface area (Å²) in [6, 6.07) is 18.2. The fourth-order valence-corrected chi connectivity index (χ4v) is 6.35. The second-order valence-electron chi connectivity index (χ2n) is 11.4. The van der Waals surface area contributed by atoms with Crippen molar-refractivity contribution in [2.75, 3.05) is 33.9 Å². The predicted octanol–water partition coefficient (Wildman–Crippen LogP) is 6.01. The molecule has 2 unspecified atom stereocenters. The van der Waals surface area contributed by atoms with E-state index in [1.54, 1.807) is 38.1 Å². The molecule has 54 heavy (non-hydrogen) atoms. The normalized spacial score (nSPS) is 12.7. The van der Waals surface area contributed by atoms with E-state index in [1.165, 1.54) is 29.2 Å². The number of halogens is 2. The molecule has 0 spiro atoms. The molecule has 3 aromatic carbocycles. The van der Waals surface area contributed by atoms with E-state index in [9.17, 15) is 23.2 Å². The van der Waals surface area contributed by atoms with Gasteiger partial charge in [-0.15, -0.1) is 4.33 Å². The van der Waals surface area contributed by atoms with E-state index in [2.05, 4.69) is 55.2 Å². The molecule has 284 valence electrons. The minimum Gasteiger partial charge on any atom is -0.392 e. The molecular formula is C32H32Cl2N10O8S2. The van der Waals surface area contributed by atoms with Crippen LogP contribution in [0.1, 0.15) is 25.0 Å². The smallest absolute Gasteiger partial charge is 0.295 e. The zero-order valence-electron chi connectivity index (χ0n) is 28.2. The molecular weight excluding hydrogens is 787 g/mol. The molecule has 7 N–H and O–H groups in total. The number of rotatable bonds is 17. The fourth-order valence-electron chi connectivity index (χ4n) is 4.81. The standard InChI is InChI=1S/C32H32Cl2N10O8S2/c1-18(45)16-44(17-19(2)46)32-41-28(34)40-31(43-32)37-24-13-11-21(26(15-24)54(48,49)50)9-8-20-10-12-23(14-25(20)53-52-51-47)36-30-39-27(33)38-29(42-30)35-22-6-4-3-5-7-22/h3-15,18-19,45-47H,16-17H2,1-2H3,(H,48,49,50)(H,37,40,41,43)(H2,35,36,38,39,42)/b9-8+. The number of nitrogens with zero attached hydrogens (tertiary/aromatic N) is 7. The Kier molecular flexibility index (Phi) is 13.9. The molecule has 2 aromatic heterocycles. The molecule has 18 nitrogen and oxygen atoms in total. The molecule has 0 bridgehead atoms. The SMILES string of the molecule is CC(O)CN(CC(C)O)c1nc(Cl)nc(Nc2ccc(/C=C/c3ccc(Nc4nc(Cl)nc(Nc5ccccc5)n4)cc3SOOO)c(S(=O)(=O)O)c2)n1. The monoisotopic (exact) mass is 818 g/mol. The van der Waals surface area contributed by atoms with Crippen LogP contribution in [0.4, 0.5) is 40.9 Å². The van der Waals surface area contributed by atoms with Gasteiger partial charge in [0.1, 0.15) is 4.90 Å². The van der Waals surface area contributed by atoms with Gasteiger partial charge in [0.15, 0.2) is 0 Å². The van der Waals surface area contributed by atoms with E-state index in [0.717, 1.165) is 5.69 Å². The van der Waals surface area contributed by atoms with Crippen LogP contribution in [0.15, 0.2) is 76.5 Å². The lowest BCUT2D eigenvalue weighted by atomic mass is 10.1. The zero-order valence-corrected chi connectivity index (χ0v) is 31.3. The maximum Gasteiger partial charge on any atom is 0.295 e. The number of aliphatic hydroxyl groups excluding tert-OH is 2. The van der Waals surface area contributed by atoms with Crippen LogP contribution in [0.25, 0.3) is 12.2 Å². The summed E-state index contributed by atoms with van der Waals surface area (Å²) >= 11 is 12.9. The molecule has 5 aromatic rings. The predicted molar refractivity (Wildman–Crippen MR) is 204 cm³/mol. The van der Waals surface area contributed by atoms with Crippen molar-refractivity contribution in [2.45, 2.75) is 35.8 Å². The van der Waals surface area contributed by atoms with Crippen LogP contribution in [-0.4, -0.2) is 83.6 Å². The van der Waals surface area contributed by atoms with E-state index in [4.69, 9.17) is 28.5 Å². The van der Waals surface area contributed by atoms with E-state index in [0.29, 0.717) is 28.2 Å². The Hall–Kier alpha value is -4.74. The summed E-state index contributed by atoms with van der Waals surface area (Å²) in [6.07, 6.45) is 1.41. The molecule has 0 fully saturated rings. The van der Waals surface area contributed by atoms with Crippen molar-refractivity contribution in [1.82, 2.24) is 29.9 Å². The first-order chi connectivity index (χ1) is 25.7. The Labute approximate surface area is 323 Å². The number of hydrogen-bond donors (Lipinski definition) is 7. The lowest BCUT2D eigenvalue weighted by Gasteiger charge is -2.25. The number of nitrogens with one attached hydrogen (secondary N) is 3. The summed E-state index contributed by atoms with van der Waals surface area (Å²) in [5.41, 5.74) is 1.97. The highest BCUT2D eigenvalue weighted by Gasteiger charge is 2.19. The lowest BCUT2D eigenvalue weighted by molar-refractivity contribution is -0.432. The molecule has 2 heterocycles. The van der Waals surface area contributed by atoms with Gasteiger partial charge in [0, 0.05) is 35.0 Å². The van der Waals surface area contributed by atoms with Crippen molar-refractivity contribution < 1.29 is 37.8 Å². The molecule has 0 aliphatic carbocycles. The Morgan fingerprint density at radius 3 is 1.89 bits per heavy atom. The van der Waals surface area contributed by atoms with Gasteiger partial charge in [-0.2, -0.15) is 38.3 Å². The number of aromatic nitrogens is 6. The minimum absolute atomic E-state index is 0.0567. The Morgan fingerprint density at radius 1 is 0.759 bits per heavy atom. The van der Waals surface area contributed by atoms with E-state index in [-0.39, 0.29) is 58.7 Å². The van der Waals surface area contributed by atoms with Crippen molar-refractivity contribution in [3.05, 3.63) is 88.4 Å². The van der Waals surface area contributed by atoms with E-state index >= 15 is 0 Å². The van der Waals surface area contributed by atoms with Crippen molar-refractivity contribution in [3.8, 4) is 0 Å². The van der Waals surface area contributed by atoms with Gasteiger partial charge in [0.2, 0.25) is 34.4 Å². The molecule has 2 atom stereocenters. The third-order valence-corrected chi connectivity index (χ3v) is 8.81. The van der Waals surface area contributed by atoms with Gasteiger partial charge in [-0.05, 0) is 84.6 Å². The van der Waals surface area contributed by atoms with E-state index < -0.39 is 27.2 Å². The molecule has 5 rings (SSSR count). The van der Waals surface area contributed by atoms with Crippen molar-refractivity contribution in [3.63, 3.8) is 0 Å². The van der Waals surface area contributed by atoms with Gasteiger partial charge in [-0.1, -0.05) is 47.5 Å². The molecule has 0 radical (unpaired) electrons. The largest absolute Gasteiger partial charge is 0.392 e. The maximum absolute atomic E-state index is 12.5. The second kappa shape index (κ2) is 18.5. The van der Waals surface area contributed by atoms with Crippen LogP contribution in [-0.2, 0) is 19.5 Å².